The summed E-state index contributed by atoms with van der Waals surface area (Å²) in [6.07, 6.45) is 3.78. The van der Waals surface area contributed by atoms with Crippen LogP contribution in [0.3, 0.4) is 0 Å². The molecule has 0 unspecified atom stereocenters. The van der Waals surface area contributed by atoms with Crippen LogP contribution in [0.5, 0.6) is 11.5 Å². The second-order valence-corrected chi connectivity index (χ2v) is 10.00. The third-order valence-electron chi connectivity index (χ3n) is 6.32. The van der Waals surface area contributed by atoms with E-state index in [2.05, 4.69) is 10.1 Å². The number of benzene rings is 3. The van der Waals surface area contributed by atoms with Gasteiger partial charge in [-0.2, -0.15) is 14.6 Å². The maximum absolute atomic E-state index is 13.3. The van der Waals surface area contributed by atoms with Crippen molar-refractivity contribution >= 4 is 22.4 Å². The zero-order valence-electron chi connectivity index (χ0n) is 20.4. The standard InChI is InChI=1S/C29H21N5O3S/c1-18-6-5-7-20(14-18)27-30-29-34(32-27)28(35)25(38-29)16-21-17-33(22-8-3-2-4-9-22)31-26(21)19-10-11-23-24(15-19)37-13-12-36-23/h2-11,14-17H,12-13H2,1H3. The molecule has 1 aliphatic rings. The summed E-state index contributed by atoms with van der Waals surface area (Å²) in [4.78, 5) is 18.5. The fourth-order valence-corrected chi connectivity index (χ4v) is 5.40. The quantitative estimate of drug-likeness (QED) is 0.345. The Morgan fingerprint density at radius 2 is 1.74 bits per heavy atom. The summed E-state index contributed by atoms with van der Waals surface area (Å²) in [5.41, 5.74) is 5.09. The maximum atomic E-state index is 13.3. The molecule has 3 aromatic heterocycles. The topological polar surface area (TPSA) is 83.5 Å². The van der Waals surface area contributed by atoms with Crippen molar-refractivity contribution in [1.82, 2.24) is 24.4 Å². The number of nitrogens with zero attached hydrogens (tertiary/aromatic N) is 5. The Bertz CT molecular complexity index is 1920. The van der Waals surface area contributed by atoms with Gasteiger partial charge in [-0.05, 0) is 49.4 Å². The van der Waals surface area contributed by atoms with E-state index in [4.69, 9.17) is 14.6 Å². The van der Waals surface area contributed by atoms with Crippen molar-refractivity contribution in [1.29, 1.82) is 0 Å². The van der Waals surface area contributed by atoms with Gasteiger partial charge in [-0.25, -0.2) is 4.68 Å². The summed E-state index contributed by atoms with van der Waals surface area (Å²) in [5.74, 6) is 1.93. The SMILES string of the molecule is Cc1cccc(-c2nc3sc(=Cc4cn(-c5ccccc5)nc4-c4ccc5c(c4)OCCO5)c(=O)n3n2)c1. The van der Waals surface area contributed by atoms with Crippen LogP contribution in [-0.4, -0.2) is 37.6 Å². The van der Waals surface area contributed by atoms with Gasteiger partial charge in [-0.3, -0.25) is 4.79 Å². The third-order valence-corrected chi connectivity index (χ3v) is 7.28. The third kappa shape index (κ3) is 3.93. The summed E-state index contributed by atoms with van der Waals surface area (Å²) >= 11 is 1.31. The molecule has 4 heterocycles. The van der Waals surface area contributed by atoms with E-state index in [1.807, 2.05) is 96.7 Å². The van der Waals surface area contributed by atoms with Crippen LogP contribution in [0.15, 0.2) is 83.8 Å². The Labute approximate surface area is 221 Å². The van der Waals surface area contributed by atoms with Gasteiger partial charge in [0.1, 0.15) is 18.9 Å². The summed E-state index contributed by atoms with van der Waals surface area (Å²) in [7, 11) is 0. The summed E-state index contributed by atoms with van der Waals surface area (Å²) in [6, 6.07) is 23.6. The van der Waals surface area contributed by atoms with Crippen molar-refractivity contribution in [3.63, 3.8) is 0 Å². The first kappa shape index (κ1) is 22.4. The predicted octanol–water partition coefficient (Wildman–Crippen LogP) is 4.30. The van der Waals surface area contributed by atoms with E-state index < -0.39 is 0 Å². The van der Waals surface area contributed by atoms with E-state index in [1.54, 1.807) is 0 Å². The van der Waals surface area contributed by atoms with E-state index in [0.29, 0.717) is 40.0 Å². The molecule has 0 radical (unpaired) electrons. The number of thiazole rings is 1. The fourth-order valence-electron chi connectivity index (χ4n) is 4.50. The second-order valence-electron chi connectivity index (χ2n) is 8.99. The van der Waals surface area contributed by atoms with Crippen LogP contribution in [0.2, 0.25) is 0 Å². The van der Waals surface area contributed by atoms with Gasteiger partial charge in [0.05, 0.1) is 10.2 Å². The minimum atomic E-state index is -0.211. The Kier molecular flexibility index (Phi) is 5.29. The van der Waals surface area contributed by atoms with Gasteiger partial charge >= 0.3 is 0 Å². The van der Waals surface area contributed by atoms with Crippen LogP contribution in [0, 0.1) is 6.92 Å². The monoisotopic (exact) mass is 519 g/mol. The molecule has 186 valence electrons. The highest BCUT2D eigenvalue weighted by Gasteiger charge is 2.18. The van der Waals surface area contributed by atoms with Crippen molar-refractivity contribution in [2.45, 2.75) is 6.92 Å². The lowest BCUT2D eigenvalue weighted by Gasteiger charge is -2.18. The molecule has 8 nitrogen and oxygen atoms in total. The van der Waals surface area contributed by atoms with Crippen molar-refractivity contribution < 1.29 is 9.47 Å². The molecule has 0 spiro atoms. The van der Waals surface area contributed by atoms with Crippen molar-refractivity contribution in [3.05, 3.63) is 105 Å². The first-order valence-electron chi connectivity index (χ1n) is 12.2. The first-order valence-corrected chi connectivity index (χ1v) is 13.0. The molecule has 0 bridgehead atoms. The molecule has 0 amide bonds. The van der Waals surface area contributed by atoms with Crippen LogP contribution in [0.4, 0.5) is 0 Å². The highest BCUT2D eigenvalue weighted by atomic mass is 32.1. The summed E-state index contributed by atoms with van der Waals surface area (Å²) in [6.45, 7) is 3.04. The van der Waals surface area contributed by atoms with E-state index in [1.165, 1.54) is 15.9 Å². The molecule has 1 aliphatic heterocycles. The average Bonchev–Trinajstić information content (AvgIpc) is 3.64. The van der Waals surface area contributed by atoms with Crippen LogP contribution in [0.25, 0.3) is 39.4 Å². The lowest BCUT2D eigenvalue weighted by atomic mass is 10.1. The smallest absolute Gasteiger partial charge is 0.291 e. The van der Waals surface area contributed by atoms with Crippen LogP contribution in [-0.2, 0) is 0 Å². The zero-order chi connectivity index (χ0) is 25.6. The number of fused-ring (bicyclic) bond motifs is 2. The molecule has 9 heteroatoms. The largest absolute Gasteiger partial charge is 0.486 e. The molecule has 7 rings (SSSR count). The lowest BCUT2D eigenvalue weighted by molar-refractivity contribution is 0.171. The maximum Gasteiger partial charge on any atom is 0.291 e. The first-order chi connectivity index (χ1) is 18.6. The van der Waals surface area contributed by atoms with Crippen molar-refractivity contribution in [3.8, 4) is 39.8 Å². The normalized spacial score (nSPS) is 13.3. The van der Waals surface area contributed by atoms with Gasteiger partial charge in [0.15, 0.2) is 17.3 Å². The van der Waals surface area contributed by atoms with Crippen molar-refractivity contribution in [2.75, 3.05) is 13.2 Å². The zero-order valence-corrected chi connectivity index (χ0v) is 21.2. The second kappa shape index (κ2) is 8.97. The molecule has 0 atom stereocenters. The number of rotatable bonds is 4. The Hall–Kier alpha value is -4.76. The van der Waals surface area contributed by atoms with Gasteiger partial charge in [-0.1, -0.05) is 53.3 Å². The minimum absolute atomic E-state index is 0.211. The number of hydrogen-bond donors (Lipinski definition) is 0. The molecule has 3 aromatic carbocycles. The molecule has 0 saturated carbocycles. The predicted molar refractivity (Wildman–Crippen MR) is 146 cm³/mol. The Morgan fingerprint density at radius 3 is 2.55 bits per heavy atom. The number of ether oxygens (including phenoxy) is 2. The molecule has 0 N–H and O–H groups in total. The summed E-state index contributed by atoms with van der Waals surface area (Å²) < 4.78 is 15.2. The molecule has 0 saturated heterocycles. The van der Waals surface area contributed by atoms with E-state index >= 15 is 0 Å². The molecular weight excluding hydrogens is 498 g/mol. The molecule has 0 aliphatic carbocycles. The van der Waals surface area contributed by atoms with Crippen molar-refractivity contribution in [2.24, 2.45) is 0 Å². The van der Waals surface area contributed by atoms with E-state index in [0.717, 1.165) is 33.6 Å². The Morgan fingerprint density at radius 1 is 0.895 bits per heavy atom. The average molecular weight is 520 g/mol. The number of para-hydroxylation sites is 1. The van der Waals surface area contributed by atoms with Gasteiger partial charge in [0.2, 0.25) is 4.96 Å². The lowest BCUT2D eigenvalue weighted by Crippen LogP contribution is -2.23. The van der Waals surface area contributed by atoms with E-state index in [9.17, 15) is 4.79 Å². The molecule has 6 aromatic rings. The van der Waals surface area contributed by atoms with E-state index in [-0.39, 0.29) is 5.56 Å². The summed E-state index contributed by atoms with van der Waals surface area (Å²) in [5, 5.41) is 9.38. The minimum Gasteiger partial charge on any atom is -0.486 e. The van der Waals surface area contributed by atoms with Crippen LogP contribution < -0.4 is 19.6 Å². The highest BCUT2D eigenvalue weighted by Crippen LogP contribution is 2.35. The van der Waals surface area contributed by atoms with Gasteiger partial charge in [0.25, 0.3) is 5.56 Å². The number of aromatic nitrogens is 5. The molecule has 0 fully saturated rings. The van der Waals surface area contributed by atoms with Gasteiger partial charge in [0, 0.05) is 22.9 Å². The number of aryl methyl sites for hydroxylation is 1. The Balaban J connectivity index is 1.36. The number of hydrogen-bond acceptors (Lipinski definition) is 7. The molecule has 38 heavy (non-hydrogen) atoms. The molecular formula is C29H21N5O3S. The fraction of sp³-hybridized carbons (Fsp3) is 0.103. The van der Waals surface area contributed by atoms with Gasteiger partial charge in [-0.15, -0.1) is 5.10 Å². The highest BCUT2D eigenvalue weighted by molar-refractivity contribution is 7.15. The van der Waals surface area contributed by atoms with Gasteiger partial charge < -0.3 is 9.47 Å². The van der Waals surface area contributed by atoms with Crippen LogP contribution in [0.1, 0.15) is 11.1 Å². The van der Waals surface area contributed by atoms with Crippen LogP contribution >= 0.6 is 11.3 Å².